The van der Waals surface area contributed by atoms with E-state index in [-0.39, 0.29) is 6.04 Å². The molecule has 1 heterocycles. The van der Waals surface area contributed by atoms with E-state index in [0.29, 0.717) is 10.0 Å². The molecule has 0 amide bonds. The van der Waals surface area contributed by atoms with Crippen LogP contribution in [0.2, 0.25) is 10.0 Å². The van der Waals surface area contributed by atoms with E-state index >= 15 is 0 Å². The second-order valence-electron chi connectivity index (χ2n) is 4.59. The molecule has 0 aliphatic heterocycles. The molecule has 20 heavy (non-hydrogen) atoms. The molecule has 1 unspecified atom stereocenters. The molecule has 0 saturated heterocycles. The van der Waals surface area contributed by atoms with Crippen molar-refractivity contribution in [2.45, 2.75) is 39.3 Å². The largest absolute Gasteiger partial charge is 0.304 e. The van der Waals surface area contributed by atoms with Crippen molar-refractivity contribution in [3.8, 4) is 0 Å². The summed E-state index contributed by atoms with van der Waals surface area (Å²) in [5.74, 6) is 0. The highest BCUT2D eigenvalue weighted by atomic mass is 35.5. The van der Waals surface area contributed by atoms with E-state index in [1.807, 2.05) is 24.4 Å². The summed E-state index contributed by atoms with van der Waals surface area (Å²) in [4.78, 5) is 5.75. The van der Waals surface area contributed by atoms with Crippen molar-refractivity contribution in [1.82, 2.24) is 10.3 Å². The lowest BCUT2D eigenvalue weighted by atomic mass is 10.0. The summed E-state index contributed by atoms with van der Waals surface area (Å²) >= 11 is 13.8. The molecule has 2 nitrogen and oxygen atoms in total. The zero-order chi connectivity index (χ0) is 14.5. The Kier molecular flexibility index (Phi) is 5.85. The molecule has 1 aromatic carbocycles. The van der Waals surface area contributed by atoms with E-state index in [1.165, 1.54) is 4.88 Å². The summed E-state index contributed by atoms with van der Waals surface area (Å²) in [5.41, 5.74) is 1.16. The first-order valence-corrected chi connectivity index (χ1v) is 8.33. The van der Waals surface area contributed by atoms with Gasteiger partial charge in [0, 0.05) is 23.7 Å². The third-order valence-electron chi connectivity index (χ3n) is 3.20. The van der Waals surface area contributed by atoms with Crippen LogP contribution in [0.15, 0.2) is 24.4 Å². The normalized spacial score (nSPS) is 12.6. The Morgan fingerprint density at radius 1 is 1.25 bits per heavy atom. The zero-order valence-corrected chi connectivity index (χ0v) is 13.9. The topological polar surface area (TPSA) is 24.9 Å². The summed E-state index contributed by atoms with van der Waals surface area (Å²) in [5, 5.41) is 5.86. The number of halogens is 2. The van der Waals surface area contributed by atoms with Gasteiger partial charge in [0.2, 0.25) is 0 Å². The lowest BCUT2D eigenvalue weighted by molar-refractivity contribution is 0.518. The van der Waals surface area contributed by atoms with Gasteiger partial charge in [-0.2, -0.15) is 0 Å². The van der Waals surface area contributed by atoms with E-state index < -0.39 is 0 Å². The van der Waals surface area contributed by atoms with Gasteiger partial charge in [0.15, 0.2) is 0 Å². The van der Waals surface area contributed by atoms with Crippen molar-refractivity contribution >= 4 is 34.5 Å². The average Bonchev–Trinajstić information content (AvgIpc) is 2.91. The highest BCUT2D eigenvalue weighted by molar-refractivity contribution is 7.11. The molecule has 0 fully saturated rings. The van der Waals surface area contributed by atoms with Crippen molar-refractivity contribution in [3.05, 3.63) is 49.9 Å². The maximum Gasteiger partial charge on any atom is 0.107 e. The molecule has 1 atom stereocenters. The zero-order valence-electron chi connectivity index (χ0n) is 11.6. The molecule has 0 aliphatic carbocycles. The van der Waals surface area contributed by atoms with Gasteiger partial charge >= 0.3 is 0 Å². The predicted molar refractivity (Wildman–Crippen MR) is 87.8 cm³/mol. The molecule has 5 heteroatoms. The minimum atomic E-state index is 0.263. The highest BCUT2D eigenvalue weighted by Crippen LogP contribution is 2.27. The molecular formula is C15H18Cl2N2S. The molecule has 0 bridgehead atoms. The fourth-order valence-electron chi connectivity index (χ4n) is 2.03. The van der Waals surface area contributed by atoms with Gasteiger partial charge < -0.3 is 5.32 Å². The van der Waals surface area contributed by atoms with Gasteiger partial charge in [0.05, 0.1) is 10.0 Å². The van der Waals surface area contributed by atoms with Gasteiger partial charge in [-0.3, -0.25) is 0 Å². The first-order valence-electron chi connectivity index (χ1n) is 6.76. The first kappa shape index (κ1) is 15.8. The van der Waals surface area contributed by atoms with Crippen molar-refractivity contribution in [2.75, 3.05) is 0 Å². The monoisotopic (exact) mass is 328 g/mol. The second kappa shape index (κ2) is 7.41. The van der Waals surface area contributed by atoms with Crippen LogP contribution in [-0.4, -0.2) is 4.98 Å². The first-order chi connectivity index (χ1) is 9.63. The van der Waals surface area contributed by atoms with Crippen LogP contribution in [0, 0.1) is 0 Å². The van der Waals surface area contributed by atoms with Gasteiger partial charge in [-0.15, -0.1) is 11.3 Å². The van der Waals surface area contributed by atoms with Crippen molar-refractivity contribution in [2.24, 2.45) is 0 Å². The molecule has 2 rings (SSSR count). The number of hydrogen-bond acceptors (Lipinski definition) is 3. The maximum absolute atomic E-state index is 6.08. The Hall–Kier alpha value is -0.610. The van der Waals surface area contributed by atoms with Crippen LogP contribution in [0.25, 0.3) is 0 Å². The van der Waals surface area contributed by atoms with Crippen LogP contribution in [0.1, 0.15) is 41.8 Å². The second-order valence-corrected chi connectivity index (χ2v) is 6.60. The van der Waals surface area contributed by atoms with E-state index in [2.05, 4.69) is 24.1 Å². The van der Waals surface area contributed by atoms with Crippen LogP contribution in [0.5, 0.6) is 0 Å². The molecule has 0 radical (unpaired) electrons. The highest BCUT2D eigenvalue weighted by Gasteiger charge is 2.11. The Balaban J connectivity index is 2.03. The van der Waals surface area contributed by atoms with Crippen LogP contribution < -0.4 is 5.32 Å². The average molecular weight is 329 g/mol. The Bertz CT molecular complexity index is 569. The molecule has 0 aliphatic rings. The number of hydrogen-bond donors (Lipinski definition) is 1. The van der Waals surface area contributed by atoms with E-state index in [0.717, 1.165) is 30.0 Å². The van der Waals surface area contributed by atoms with Gasteiger partial charge in [-0.25, -0.2) is 4.98 Å². The van der Waals surface area contributed by atoms with Crippen molar-refractivity contribution < 1.29 is 0 Å². The van der Waals surface area contributed by atoms with E-state index in [4.69, 9.17) is 23.2 Å². The summed E-state index contributed by atoms with van der Waals surface area (Å²) in [6.07, 6.45) is 3.99. The van der Waals surface area contributed by atoms with Gasteiger partial charge in [0.1, 0.15) is 5.01 Å². The van der Waals surface area contributed by atoms with Gasteiger partial charge in [-0.1, -0.05) is 43.1 Å². The maximum atomic E-state index is 6.08. The number of nitrogens with zero attached hydrogens (tertiary/aromatic N) is 1. The number of thiazole rings is 1. The van der Waals surface area contributed by atoms with Crippen LogP contribution in [0.4, 0.5) is 0 Å². The molecule has 2 aromatic rings. The van der Waals surface area contributed by atoms with Crippen LogP contribution in [-0.2, 0) is 13.0 Å². The van der Waals surface area contributed by atoms with Gasteiger partial charge in [-0.05, 0) is 30.5 Å². The third-order valence-corrected chi connectivity index (χ3v) is 5.08. The standard InChI is InChI=1S/C15H18Cl2N2S/c1-3-11-8-19-15(20-11)9-18-14(4-2)10-5-6-12(16)13(17)7-10/h5-8,14,18H,3-4,9H2,1-2H3. The van der Waals surface area contributed by atoms with E-state index in [9.17, 15) is 0 Å². The Morgan fingerprint density at radius 3 is 2.65 bits per heavy atom. The molecule has 108 valence electrons. The number of aryl methyl sites for hydroxylation is 1. The van der Waals surface area contributed by atoms with Gasteiger partial charge in [0.25, 0.3) is 0 Å². The molecular weight excluding hydrogens is 311 g/mol. The summed E-state index contributed by atoms with van der Waals surface area (Å²) < 4.78 is 0. The summed E-state index contributed by atoms with van der Waals surface area (Å²) in [6, 6.07) is 6.07. The summed E-state index contributed by atoms with van der Waals surface area (Å²) in [7, 11) is 0. The van der Waals surface area contributed by atoms with Crippen LogP contribution in [0.3, 0.4) is 0 Å². The molecule has 0 spiro atoms. The van der Waals surface area contributed by atoms with Crippen molar-refractivity contribution in [3.63, 3.8) is 0 Å². The summed E-state index contributed by atoms with van der Waals surface area (Å²) in [6.45, 7) is 5.08. The number of nitrogens with one attached hydrogen (secondary N) is 1. The van der Waals surface area contributed by atoms with E-state index in [1.54, 1.807) is 11.3 Å². The minimum Gasteiger partial charge on any atom is -0.304 e. The number of rotatable bonds is 6. The lowest BCUT2D eigenvalue weighted by Gasteiger charge is -2.17. The number of benzene rings is 1. The Morgan fingerprint density at radius 2 is 2.05 bits per heavy atom. The van der Waals surface area contributed by atoms with Crippen molar-refractivity contribution in [1.29, 1.82) is 0 Å². The molecule has 1 aromatic heterocycles. The predicted octanol–water partition coefficient (Wildman–Crippen LogP) is 5.25. The number of aromatic nitrogens is 1. The quantitative estimate of drug-likeness (QED) is 0.782. The fraction of sp³-hybridized carbons (Fsp3) is 0.400. The third kappa shape index (κ3) is 3.95. The van der Waals surface area contributed by atoms with Crippen LogP contribution >= 0.6 is 34.5 Å². The minimum absolute atomic E-state index is 0.263. The molecule has 0 saturated carbocycles. The fourth-order valence-corrected chi connectivity index (χ4v) is 3.15. The molecule has 1 N–H and O–H groups in total. The smallest absolute Gasteiger partial charge is 0.107 e. The Labute approximate surface area is 134 Å². The SMILES string of the molecule is CCc1cnc(CNC(CC)c2ccc(Cl)c(Cl)c2)s1. The lowest BCUT2D eigenvalue weighted by Crippen LogP contribution is -2.20.